The maximum Gasteiger partial charge on any atom is 0.133 e. The van der Waals surface area contributed by atoms with Gasteiger partial charge in [0.2, 0.25) is 0 Å². The molecule has 0 bridgehead atoms. The highest BCUT2D eigenvalue weighted by Gasteiger charge is 2.26. The fourth-order valence-electron chi connectivity index (χ4n) is 4.14. The molecule has 1 atom stereocenters. The Kier molecular flexibility index (Phi) is 5.33. The van der Waals surface area contributed by atoms with E-state index in [9.17, 15) is 5.26 Å². The molecule has 0 radical (unpaired) electrons. The molecule has 6 heteroatoms. The fourth-order valence-corrected chi connectivity index (χ4v) is 4.14. The zero-order valence-corrected chi connectivity index (χ0v) is 15.7. The van der Waals surface area contributed by atoms with Gasteiger partial charge < -0.3 is 19.9 Å². The Labute approximate surface area is 160 Å². The monoisotopic (exact) mass is 365 g/mol. The molecule has 2 aliphatic rings. The summed E-state index contributed by atoms with van der Waals surface area (Å²) in [6, 6.07) is 14.7. The van der Waals surface area contributed by atoms with Crippen LogP contribution in [-0.2, 0) is 17.8 Å². The van der Waals surface area contributed by atoms with Gasteiger partial charge in [-0.2, -0.15) is 5.26 Å². The van der Waals surface area contributed by atoms with Gasteiger partial charge in [-0.3, -0.25) is 4.90 Å². The van der Waals surface area contributed by atoms with Crippen LogP contribution in [0, 0.1) is 11.3 Å². The van der Waals surface area contributed by atoms with Crippen molar-refractivity contribution in [3.63, 3.8) is 0 Å². The topological polar surface area (TPSA) is 70.5 Å². The van der Waals surface area contributed by atoms with Gasteiger partial charge >= 0.3 is 0 Å². The molecule has 2 saturated heterocycles. The van der Waals surface area contributed by atoms with E-state index in [0.717, 1.165) is 58.0 Å². The summed E-state index contributed by atoms with van der Waals surface area (Å²) in [5.41, 5.74) is 8.98. The van der Waals surface area contributed by atoms with Crippen molar-refractivity contribution in [1.29, 1.82) is 5.26 Å². The highest BCUT2D eigenvalue weighted by molar-refractivity contribution is 5.68. The molecule has 142 valence electrons. The van der Waals surface area contributed by atoms with Crippen LogP contribution in [0.3, 0.4) is 0 Å². The first-order valence-electron chi connectivity index (χ1n) is 9.76. The molecule has 2 fully saturated rings. The summed E-state index contributed by atoms with van der Waals surface area (Å²) in [4.78, 5) is 4.80. The van der Waals surface area contributed by atoms with E-state index < -0.39 is 0 Å². The molecule has 1 aromatic heterocycles. The number of nitrogens with zero attached hydrogens (tertiary/aromatic N) is 4. The second-order valence-electron chi connectivity index (χ2n) is 7.41. The molecule has 0 amide bonds. The summed E-state index contributed by atoms with van der Waals surface area (Å²) < 4.78 is 7.86. The van der Waals surface area contributed by atoms with Gasteiger partial charge in [-0.15, -0.1) is 0 Å². The second kappa shape index (κ2) is 8.03. The second-order valence-corrected chi connectivity index (χ2v) is 7.41. The van der Waals surface area contributed by atoms with E-state index in [2.05, 4.69) is 50.8 Å². The number of rotatable bonds is 5. The molecule has 0 spiro atoms. The molecular formula is C21H27N5O. The van der Waals surface area contributed by atoms with Gasteiger partial charge in [0, 0.05) is 39.3 Å². The lowest BCUT2D eigenvalue weighted by Gasteiger charge is -2.37. The average Bonchev–Trinajstić information content (AvgIpc) is 3.31. The number of aromatic nitrogens is 1. The number of nitrogens with two attached hydrogens (primary N) is 1. The van der Waals surface area contributed by atoms with Crippen LogP contribution in [0.2, 0.25) is 0 Å². The molecule has 2 N–H and O–H groups in total. The summed E-state index contributed by atoms with van der Waals surface area (Å²) in [6.07, 6.45) is 2.33. The summed E-state index contributed by atoms with van der Waals surface area (Å²) in [7, 11) is 0. The number of benzene rings is 1. The Morgan fingerprint density at radius 3 is 2.59 bits per heavy atom. The molecule has 0 unspecified atom stereocenters. The molecule has 0 saturated carbocycles. The molecule has 2 aliphatic heterocycles. The van der Waals surface area contributed by atoms with E-state index in [0.29, 0.717) is 17.9 Å². The van der Waals surface area contributed by atoms with Crippen LogP contribution in [0.1, 0.15) is 24.1 Å². The van der Waals surface area contributed by atoms with Crippen LogP contribution >= 0.6 is 0 Å². The normalized spacial score (nSPS) is 20.7. The van der Waals surface area contributed by atoms with Gasteiger partial charge in [-0.25, -0.2) is 0 Å². The predicted molar refractivity (Wildman–Crippen MR) is 106 cm³/mol. The van der Waals surface area contributed by atoms with Crippen LogP contribution in [0.4, 0.5) is 11.5 Å². The van der Waals surface area contributed by atoms with Gasteiger partial charge in [0.1, 0.15) is 17.6 Å². The average molecular weight is 365 g/mol. The van der Waals surface area contributed by atoms with E-state index in [1.807, 2.05) is 0 Å². The first-order valence-corrected chi connectivity index (χ1v) is 9.76. The Balaban J connectivity index is 1.46. The molecule has 27 heavy (non-hydrogen) atoms. The molecule has 2 aromatic rings. The first-order chi connectivity index (χ1) is 13.2. The SMILES string of the molecule is N#Cc1cc(N)c(N2CCN(Cc3ccccc3)CC2)n1C[C@H]1CCCO1. The third-order valence-corrected chi connectivity index (χ3v) is 5.54. The van der Waals surface area contributed by atoms with Crippen molar-refractivity contribution in [3.8, 4) is 6.07 Å². The van der Waals surface area contributed by atoms with Crippen LogP contribution in [-0.4, -0.2) is 48.4 Å². The van der Waals surface area contributed by atoms with Gasteiger partial charge in [0.05, 0.1) is 18.3 Å². The van der Waals surface area contributed by atoms with E-state index in [4.69, 9.17) is 10.5 Å². The molecular weight excluding hydrogens is 338 g/mol. The van der Waals surface area contributed by atoms with Gasteiger partial charge in [0.15, 0.2) is 0 Å². The van der Waals surface area contributed by atoms with Crippen molar-refractivity contribution in [3.05, 3.63) is 47.7 Å². The molecule has 1 aromatic carbocycles. The maximum atomic E-state index is 9.54. The Hall–Kier alpha value is -2.49. The summed E-state index contributed by atoms with van der Waals surface area (Å²) >= 11 is 0. The van der Waals surface area contributed by atoms with Crippen molar-refractivity contribution in [2.45, 2.75) is 32.0 Å². The van der Waals surface area contributed by atoms with E-state index in [1.165, 1.54) is 5.56 Å². The van der Waals surface area contributed by atoms with Crippen LogP contribution in [0.15, 0.2) is 36.4 Å². The highest BCUT2D eigenvalue weighted by atomic mass is 16.5. The Morgan fingerprint density at radius 2 is 1.93 bits per heavy atom. The molecule has 3 heterocycles. The van der Waals surface area contributed by atoms with Crippen LogP contribution < -0.4 is 10.6 Å². The van der Waals surface area contributed by atoms with Crippen molar-refractivity contribution >= 4 is 11.5 Å². The Bertz CT molecular complexity index is 796. The highest BCUT2D eigenvalue weighted by Crippen LogP contribution is 2.30. The van der Waals surface area contributed by atoms with Crippen molar-refractivity contribution < 1.29 is 4.74 Å². The minimum absolute atomic E-state index is 0.182. The quantitative estimate of drug-likeness (QED) is 0.881. The van der Waals surface area contributed by atoms with Crippen molar-refractivity contribution in [2.75, 3.05) is 43.4 Å². The van der Waals surface area contributed by atoms with Crippen molar-refractivity contribution in [1.82, 2.24) is 9.47 Å². The Morgan fingerprint density at radius 1 is 1.15 bits per heavy atom. The number of nitriles is 1. The van der Waals surface area contributed by atoms with E-state index >= 15 is 0 Å². The van der Waals surface area contributed by atoms with E-state index in [1.54, 1.807) is 6.07 Å². The number of nitrogen functional groups attached to an aromatic ring is 1. The predicted octanol–water partition coefficient (Wildman–Crippen LogP) is 2.44. The largest absolute Gasteiger partial charge is 0.396 e. The minimum atomic E-state index is 0.182. The number of anilines is 2. The number of piperazine rings is 1. The summed E-state index contributed by atoms with van der Waals surface area (Å²) in [5.74, 6) is 0.987. The maximum absolute atomic E-state index is 9.54. The molecule has 0 aliphatic carbocycles. The van der Waals surface area contributed by atoms with Gasteiger partial charge in [0.25, 0.3) is 0 Å². The molecule has 6 nitrogen and oxygen atoms in total. The van der Waals surface area contributed by atoms with Crippen LogP contribution in [0.25, 0.3) is 0 Å². The zero-order valence-electron chi connectivity index (χ0n) is 15.7. The number of ether oxygens (including phenoxy) is 1. The zero-order chi connectivity index (χ0) is 18.6. The van der Waals surface area contributed by atoms with Crippen molar-refractivity contribution in [2.24, 2.45) is 0 Å². The third kappa shape index (κ3) is 3.95. The number of hydrogen-bond acceptors (Lipinski definition) is 5. The van der Waals surface area contributed by atoms with Crippen LogP contribution in [0.5, 0.6) is 0 Å². The molecule has 4 rings (SSSR count). The minimum Gasteiger partial charge on any atom is -0.396 e. The summed E-state index contributed by atoms with van der Waals surface area (Å²) in [6.45, 7) is 6.30. The third-order valence-electron chi connectivity index (χ3n) is 5.54. The fraction of sp³-hybridized carbons (Fsp3) is 0.476. The van der Waals surface area contributed by atoms with Gasteiger partial charge in [-0.1, -0.05) is 30.3 Å². The lowest BCUT2D eigenvalue weighted by Crippen LogP contribution is -2.47. The number of hydrogen-bond donors (Lipinski definition) is 1. The summed E-state index contributed by atoms with van der Waals surface area (Å²) in [5, 5.41) is 9.54. The lowest BCUT2D eigenvalue weighted by molar-refractivity contribution is 0.0970. The van der Waals surface area contributed by atoms with E-state index in [-0.39, 0.29) is 6.10 Å². The lowest BCUT2D eigenvalue weighted by atomic mass is 10.2. The standard InChI is InChI=1S/C21H27N5O/c22-14-18-13-20(23)21(26(18)16-19-7-4-12-27-19)25-10-8-24(9-11-25)15-17-5-2-1-3-6-17/h1-3,5-6,13,19H,4,7-12,15-16,23H2/t19-/m1/s1. The first kappa shape index (κ1) is 17.9. The smallest absolute Gasteiger partial charge is 0.133 e. The van der Waals surface area contributed by atoms with Gasteiger partial charge in [-0.05, 0) is 24.5 Å².